The van der Waals surface area contributed by atoms with Crippen LogP contribution in [0, 0.1) is 0 Å². The zero-order chi connectivity index (χ0) is 2.00. The Morgan fingerprint density at radius 2 is 1.25 bits per heavy atom. The molecule has 0 aromatic carbocycles. The average molecular weight is 171 g/mol. The molecule has 0 aliphatic carbocycles. The smallest absolute Gasteiger partial charge is 0.197 e. The molecular weight excluding hydrogens is 168 g/mol. The second kappa shape index (κ2) is 23.8. The summed E-state index contributed by atoms with van der Waals surface area (Å²) in [6, 6.07) is 0. The fourth-order valence-corrected chi connectivity index (χ4v) is 0. The van der Waals surface area contributed by atoms with Gasteiger partial charge < -0.3 is 0 Å². The van der Waals surface area contributed by atoms with Crippen molar-refractivity contribution in [1.29, 1.82) is 0 Å². The van der Waals surface area contributed by atoms with Crippen LogP contribution in [0.25, 0.3) is 0 Å². The van der Waals surface area contributed by atoms with Crippen molar-refractivity contribution in [2.75, 3.05) is 0 Å². The van der Waals surface area contributed by atoms with Gasteiger partial charge in [-0.3, -0.25) is 0 Å². The van der Waals surface area contributed by atoms with Gasteiger partial charge >= 0.3 is 0 Å². The minimum Gasteiger partial charge on any atom is -0.197 e. The topological polar surface area (TPSA) is 17.1 Å². The van der Waals surface area contributed by atoms with Gasteiger partial charge in [0.05, 0.1) is 0 Å². The minimum absolute atomic E-state index is 0. The van der Waals surface area contributed by atoms with Crippen LogP contribution in [-0.4, -0.2) is 4.21 Å². The third-order valence-electron chi connectivity index (χ3n) is 0. The zero-order valence-corrected chi connectivity index (χ0v) is 7.17. The van der Waals surface area contributed by atoms with Gasteiger partial charge in [-0.2, -0.15) is 14.1 Å². The molecule has 0 N–H and O–H groups in total. The van der Waals surface area contributed by atoms with Crippen molar-refractivity contribution in [3.05, 3.63) is 0 Å². The van der Waals surface area contributed by atoms with Crippen molar-refractivity contribution in [1.82, 2.24) is 0 Å². The maximum atomic E-state index is 7.83. The van der Waals surface area contributed by atoms with Crippen molar-refractivity contribution >= 4 is 22.4 Å². The Balaban J connectivity index is -0.00000000500. The van der Waals surface area contributed by atoms with Crippen LogP contribution in [0.4, 0.5) is 0 Å². The van der Waals surface area contributed by atoms with E-state index in [4.69, 9.17) is 4.21 Å². The molecule has 0 spiro atoms. The molecule has 0 heterocycles. The molecule has 0 bridgehead atoms. The van der Waals surface area contributed by atoms with Crippen LogP contribution in [0.2, 0.25) is 0 Å². The maximum Gasteiger partial charge on any atom is 0.197 e. The minimum atomic E-state index is 0. The molecule has 4 heteroatoms. The summed E-state index contributed by atoms with van der Waals surface area (Å²) in [6.45, 7) is 0. The van der Waals surface area contributed by atoms with E-state index in [1.54, 1.807) is 0 Å². The van der Waals surface area contributed by atoms with Crippen molar-refractivity contribution < 1.29 is 36.9 Å². The van der Waals surface area contributed by atoms with Crippen LogP contribution in [-0.2, 0) is 45.2 Å². The molecule has 1 radical (unpaired) electrons. The van der Waals surface area contributed by atoms with E-state index in [0.29, 0.717) is 0 Å². The molecule has 1 unspecified atom stereocenters. The van der Waals surface area contributed by atoms with Crippen LogP contribution in [0.1, 0.15) is 0 Å². The summed E-state index contributed by atoms with van der Waals surface area (Å²) in [5.74, 6) is 0. The molecule has 1 atom stereocenters. The first-order chi connectivity index (χ1) is 1.00. The van der Waals surface area contributed by atoms with E-state index in [0.717, 1.165) is 0 Å². The van der Waals surface area contributed by atoms with E-state index >= 15 is 0 Å². The summed E-state index contributed by atoms with van der Waals surface area (Å²) < 4.78 is 7.83. The first-order valence-electron chi connectivity index (χ1n) is 0.167. The van der Waals surface area contributed by atoms with E-state index in [1.807, 2.05) is 0 Å². The summed E-state index contributed by atoms with van der Waals surface area (Å²) in [5, 5.41) is 0. The maximum absolute atomic E-state index is 7.83. The predicted molar refractivity (Wildman–Crippen MR) is 19.2 cm³/mol. The molecule has 4 heavy (non-hydrogen) atoms. The van der Waals surface area contributed by atoms with Gasteiger partial charge in [0, 0.05) is 32.7 Å². The van der Waals surface area contributed by atoms with Crippen molar-refractivity contribution in [2.24, 2.45) is 0 Å². The molecule has 0 rings (SSSR count). The fourth-order valence-electron chi connectivity index (χ4n) is 0. The second-order valence-corrected chi connectivity index (χ2v) is 0. The van der Waals surface area contributed by atoms with Gasteiger partial charge in [-0.1, -0.05) is 0 Å². The van der Waals surface area contributed by atoms with Gasteiger partial charge in [-0.05, 0) is 0 Å². The Morgan fingerprint density at radius 3 is 1.25 bits per heavy atom. The van der Waals surface area contributed by atoms with Crippen molar-refractivity contribution in [3.8, 4) is 0 Å². The first kappa shape index (κ1) is 17.7. The van der Waals surface area contributed by atoms with Gasteiger partial charge in [0.15, 0.2) is 12.5 Å². The van der Waals surface area contributed by atoms with Gasteiger partial charge in [0.1, 0.15) is 0 Å². The average Bonchev–Trinajstić information content (AvgIpc) is 1.00. The third-order valence-corrected chi connectivity index (χ3v) is 0. The van der Waals surface area contributed by atoms with Crippen molar-refractivity contribution in [3.63, 3.8) is 0 Å². The van der Waals surface area contributed by atoms with E-state index in [-0.39, 0.29) is 42.6 Å². The largest absolute Gasteiger partial charge is 0.197 e. The van der Waals surface area contributed by atoms with E-state index < -0.39 is 0 Å². The van der Waals surface area contributed by atoms with E-state index in [9.17, 15) is 0 Å². The normalized spacial score (nSPS) is 1.00. The molecule has 0 aliphatic heterocycles. The van der Waals surface area contributed by atoms with Crippen LogP contribution >= 0.6 is 9.90 Å². The number of rotatable bonds is 0. The second-order valence-electron chi connectivity index (χ2n) is 0. The van der Waals surface area contributed by atoms with Gasteiger partial charge in [0.2, 0.25) is 0 Å². The third kappa shape index (κ3) is 9.60. The predicted octanol–water partition coefficient (Wildman–Crippen LogP) is -0.281. The van der Waals surface area contributed by atoms with Gasteiger partial charge in [-0.25, -0.2) is 0 Å². The molecule has 0 amide bonds. The number of hydrogen-bond donors (Lipinski definition) is 0. The molecule has 23 valence electrons. The van der Waals surface area contributed by atoms with Crippen LogP contribution in [0.15, 0.2) is 0 Å². The molecule has 0 aromatic heterocycles. The van der Waals surface area contributed by atoms with Gasteiger partial charge in [-0.15, -0.1) is 0 Å². The molecule has 0 saturated heterocycles. The number of hydrogen-bond acceptors (Lipinski definition) is 2. The summed E-state index contributed by atoms with van der Waals surface area (Å²) in [4.78, 5) is 0. The molecule has 0 aliphatic rings. The molecule has 0 aromatic rings. The summed E-state index contributed by atoms with van der Waals surface area (Å²) in [5.41, 5.74) is 0. The fraction of sp³-hybridized carbons (Fsp3) is 0. The summed E-state index contributed by atoms with van der Waals surface area (Å²) >= 11 is 2.83. The summed E-state index contributed by atoms with van der Waals surface area (Å²) in [7, 11) is 0. The molecule has 0 saturated carbocycles. The Morgan fingerprint density at radius 1 is 1.25 bits per heavy atom. The first-order valence-corrected chi connectivity index (χ1v) is 0.500. The Labute approximate surface area is 58.9 Å². The SMILES string of the molecule is O=S.P.[Y]. The quantitative estimate of drug-likeness (QED) is 0.466. The van der Waals surface area contributed by atoms with E-state index in [1.165, 1.54) is 0 Å². The molecule has 0 fully saturated rings. The Hall–Kier alpha value is 1.55. The van der Waals surface area contributed by atoms with Crippen LogP contribution < -0.4 is 0 Å². The monoisotopic (exact) mass is 171 g/mol. The zero-order valence-electron chi connectivity index (χ0n) is 2.10. The molecule has 1 nitrogen and oxygen atoms in total. The van der Waals surface area contributed by atoms with E-state index in [2.05, 4.69) is 12.5 Å². The van der Waals surface area contributed by atoms with Crippen LogP contribution in [0.5, 0.6) is 0 Å². The Kier molecular flexibility index (Phi) is 105. The molecular formula is H3OPSY. The van der Waals surface area contributed by atoms with Crippen LogP contribution in [0.3, 0.4) is 0 Å². The standard InChI is InChI=1S/OS.H3P.Y/c1-2;;/h;1H3;. The Bertz CT molecular complexity index is 8.00. The van der Waals surface area contributed by atoms with Crippen molar-refractivity contribution in [2.45, 2.75) is 0 Å². The summed E-state index contributed by atoms with van der Waals surface area (Å²) in [6.07, 6.45) is 0. The van der Waals surface area contributed by atoms with Gasteiger partial charge in [0.25, 0.3) is 0 Å².